The zero-order valence-electron chi connectivity index (χ0n) is 20.3. The fraction of sp³-hybridized carbons (Fsp3) is 0.440. The van der Waals surface area contributed by atoms with Crippen LogP contribution < -0.4 is 10.1 Å². The molecule has 2 aliphatic heterocycles. The van der Waals surface area contributed by atoms with E-state index in [0.717, 1.165) is 23.0 Å². The van der Waals surface area contributed by atoms with Crippen molar-refractivity contribution < 1.29 is 49.0 Å². The number of rotatable bonds is 10. The second-order valence-corrected chi connectivity index (χ2v) is 10.1. The van der Waals surface area contributed by atoms with Crippen molar-refractivity contribution >= 4 is 28.9 Å². The van der Waals surface area contributed by atoms with Gasteiger partial charge in [-0.2, -0.15) is 0 Å². The molecule has 0 aliphatic carbocycles. The third-order valence-electron chi connectivity index (χ3n) is 6.21. The van der Waals surface area contributed by atoms with Gasteiger partial charge in [-0.15, -0.1) is 0 Å². The number of carbonyl (C=O) groups excluding carboxylic acids is 2. The predicted molar refractivity (Wildman–Crippen MR) is 132 cm³/mol. The Labute approximate surface area is 221 Å². The van der Waals surface area contributed by atoms with Crippen LogP contribution in [-0.2, 0) is 31.9 Å². The molecule has 2 fully saturated rings. The number of benzene rings is 1. The van der Waals surface area contributed by atoms with E-state index in [0.29, 0.717) is 30.8 Å². The lowest BCUT2D eigenvalue weighted by atomic mass is 9.99. The molecule has 1 aromatic carbocycles. The van der Waals surface area contributed by atoms with Gasteiger partial charge in [-0.25, -0.2) is 4.79 Å². The number of aliphatic carboxylic acids is 1. The van der Waals surface area contributed by atoms with E-state index in [1.54, 1.807) is 37.4 Å². The van der Waals surface area contributed by atoms with Gasteiger partial charge < -0.3 is 34.6 Å². The zero-order chi connectivity index (χ0) is 27.4. The van der Waals surface area contributed by atoms with E-state index in [4.69, 9.17) is 19.3 Å². The molecule has 2 aliphatic rings. The molecule has 0 saturated carbocycles. The van der Waals surface area contributed by atoms with Crippen LogP contribution in [-0.4, -0.2) is 85.1 Å². The van der Waals surface area contributed by atoms with Gasteiger partial charge in [0, 0.05) is 18.3 Å². The predicted octanol–water partition coefficient (Wildman–Crippen LogP) is 0.567. The van der Waals surface area contributed by atoms with Crippen LogP contribution in [0.25, 0.3) is 0 Å². The number of carbonyl (C=O) groups is 3. The SMILES string of the molecule is CC(OC1OC(C(=O)O)C(O)C(O)C1O)c1ccc(CCOc2ccc(CC3SC(=O)NC3=O)cc2)nc1. The van der Waals surface area contributed by atoms with Gasteiger partial charge >= 0.3 is 5.97 Å². The van der Waals surface area contributed by atoms with E-state index < -0.39 is 48.0 Å². The fourth-order valence-electron chi connectivity index (χ4n) is 4.01. The number of nitrogens with zero attached hydrogens (tertiary/aromatic N) is 1. The van der Waals surface area contributed by atoms with Crippen LogP contribution in [0.2, 0.25) is 0 Å². The second-order valence-electron chi connectivity index (χ2n) is 8.93. The van der Waals surface area contributed by atoms with Crippen molar-refractivity contribution in [3.05, 3.63) is 59.4 Å². The maximum atomic E-state index is 11.7. The first-order chi connectivity index (χ1) is 18.1. The monoisotopic (exact) mass is 548 g/mol. The van der Waals surface area contributed by atoms with Crippen molar-refractivity contribution in [2.24, 2.45) is 0 Å². The maximum Gasteiger partial charge on any atom is 0.335 e. The lowest BCUT2D eigenvalue weighted by Gasteiger charge is -2.39. The summed E-state index contributed by atoms with van der Waals surface area (Å²) in [4.78, 5) is 38.6. The Kier molecular flexibility index (Phi) is 8.97. The molecule has 0 bridgehead atoms. The van der Waals surface area contributed by atoms with Crippen molar-refractivity contribution in [1.82, 2.24) is 10.3 Å². The molecular weight excluding hydrogens is 520 g/mol. The maximum absolute atomic E-state index is 11.7. The van der Waals surface area contributed by atoms with Crippen molar-refractivity contribution in [3.63, 3.8) is 0 Å². The molecule has 13 heteroatoms. The molecule has 3 heterocycles. The van der Waals surface area contributed by atoms with Crippen LogP contribution in [0.15, 0.2) is 42.6 Å². The lowest BCUT2D eigenvalue weighted by Crippen LogP contribution is -2.60. The number of carboxylic acid groups (broad SMARTS) is 1. The Morgan fingerprint density at radius 2 is 1.84 bits per heavy atom. The highest BCUT2D eigenvalue weighted by Gasteiger charge is 2.48. The van der Waals surface area contributed by atoms with Crippen molar-refractivity contribution in [1.29, 1.82) is 0 Å². The average Bonchev–Trinajstić information content (AvgIpc) is 3.21. The van der Waals surface area contributed by atoms with E-state index in [9.17, 15) is 29.7 Å². The first kappa shape index (κ1) is 28.0. The number of aromatic nitrogens is 1. The van der Waals surface area contributed by atoms with Crippen LogP contribution >= 0.6 is 11.8 Å². The molecule has 7 atom stereocenters. The largest absolute Gasteiger partial charge is 0.493 e. The number of ether oxygens (including phenoxy) is 3. The minimum absolute atomic E-state index is 0.273. The van der Waals surface area contributed by atoms with Crippen LogP contribution in [0.5, 0.6) is 5.75 Å². The van der Waals surface area contributed by atoms with Crippen LogP contribution in [0.1, 0.15) is 29.8 Å². The van der Waals surface area contributed by atoms with Gasteiger partial charge in [0.1, 0.15) is 24.1 Å². The number of aliphatic hydroxyl groups excluding tert-OH is 3. The molecule has 12 nitrogen and oxygen atoms in total. The third kappa shape index (κ3) is 6.67. The Balaban J connectivity index is 1.24. The molecule has 5 N–H and O–H groups in total. The van der Waals surface area contributed by atoms with Gasteiger partial charge in [0.2, 0.25) is 5.91 Å². The van der Waals surface area contributed by atoms with Crippen molar-refractivity contribution in [3.8, 4) is 5.75 Å². The van der Waals surface area contributed by atoms with Crippen molar-refractivity contribution in [2.75, 3.05) is 6.61 Å². The highest BCUT2D eigenvalue weighted by molar-refractivity contribution is 8.15. The first-order valence-electron chi connectivity index (χ1n) is 11.9. The normalized spacial score (nSPS) is 28.1. The molecule has 1 aromatic heterocycles. The summed E-state index contributed by atoms with van der Waals surface area (Å²) in [7, 11) is 0. The molecule has 2 saturated heterocycles. The van der Waals surface area contributed by atoms with Gasteiger partial charge in [-0.3, -0.25) is 19.9 Å². The Bertz CT molecular complexity index is 1150. The van der Waals surface area contributed by atoms with Crippen LogP contribution in [0.3, 0.4) is 0 Å². The quantitative estimate of drug-likeness (QED) is 0.278. The Morgan fingerprint density at radius 1 is 1.11 bits per heavy atom. The minimum atomic E-state index is -1.79. The van der Waals surface area contributed by atoms with Crippen LogP contribution in [0, 0.1) is 0 Å². The molecule has 38 heavy (non-hydrogen) atoms. The number of hydrogen-bond donors (Lipinski definition) is 5. The van der Waals surface area contributed by atoms with Gasteiger partial charge in [-0.1, -0.05) is 30.0 Å². The summed E-state index contributed by atoms with van der Waals surface area (Å²) < 4.78 is 16.5. The van der Waals surface area contributed by atoms with E-state index in [2.05, 4.69) is 10.3 Å². The first-order valence-corrected chi connectivity index (χ1v) is 12.8. The smallest absolute Gasteiger partial charge is 0.335 e. The number of pyridine rings is 1. The fourth-order valence-corrected chi connectivity index (χ4v) is 4.87. The summed E-state index contributed by atoms with van der Waals surface area (Å²) in [5, 5.41) is 40.5. The second kappa shape index (κ2) is 12.2. The van der Waals surface area contributed by atoms with Gasteiger partial charge in [0.25, 0.3) is 5.24 Å². The highest BCUT2D eigenvalue weighted by Crippen LogP contribution is 2.28. The van der Waals surface area contributed by atoms with E-state index in [1.807, 2.05) is 12.1 Å². The Hall–Kier alpha value is -3.07. The van der Waals surface area contributed by atoms with Gasteiger partial charge in [0.05, 0.1) is 18.0 Å². The number of carboxylic acids is 1. The molecule has 4 rings (SSSR count). The summed E-state index contributed by atoms with van der Waals surface area (Å²) in [5.41, 5.74) is 2.30. The standard InChI is InChI=1S/C25H28N2O10S/c1-12(36-24-20(30)18(28)19(29)21(37-24)23(32)33)14-4-5-15(26-11-14)8-9-35-16-6-2-13(3-7-16)10-17-22(31)27-25(34)38-17/h2-7,11-12,17-21,24,28-30H,8-10H2,1H3,(H,32,33)(H,27,31,34). The summed E-state index contributed by atoms with van der Waals surface area (Å²) in [6.45, 7) is 2.02. The number of amides is 2. The average molecular weight is 549 g/mol. The third-order valence-corrected chi connectivity index (χ3v) is 7.19. The number of nitrogens with one attached hydrogen (secondary N) is 1. The number of thioether (sulfide) groups is 1. The molecular formula is C25H28N2O10S. The summed E-state index contributed by atoms with van der Waals surface area (Å²) >= 11 is 0.993. The van der Waals surface area contributed by atoms with E-state index in [-0.39, 0.29) is 11.1 Å². The van der Waals surface area contributed by atoms with Crippen LogP contribution in [0.4, 0.5) is 4.79 Å². The summed E-state index contributed by atoms with van der Waals surface area (Å²) in [6, 6.07) is 10.9. The number of imide groups is 1. The molecule has 2 amide bonds. The molecule has 204 valence electrons. The molecule has 0 radical (unpaired) electrons. The molecule has 0 spiro atoms. The topological polar surface area (TPSA) is 185 Å². The number of aliphatic hydroxyl groups is 3. The van der Waals surface area contributed by atoms with Gasteiger partial charge in [0.15, 0.2) is 12.4 Å². The lowest BCUT2D eigenvalue weighted by molar-refractivity contribution is -0.304. The molecule has 2 aromatic rings. The molecule has 7 unspecified atom stereocenters. The van der Waals surface area contributed by atoms with Crippen molar-refractivity contribution in [2.45, 2.75) is 61.8 Å². The number of hydrogen-bond acceptors (Lipinski definition) is 11. The zero-order valence-corrected chi connectivity index (χ0v) is 21.1. The van der Waals surface area contributed by atoms with Gasteiger partial charge in [-0.05, 0) is 42.7 Å². The highest BCUT2D eigenvalue weighted by atomic mass is 32.2. The van der Waals surface area contributed by atoms with E-state index in [1.165, 1.54) is 0 Å². The summed E-state index contributed by atoms with van der Waals surface area (Å²) in [5.74, 6) is -1.10. The van der Waals surface area contributed by atoms with E-state index >= 15 is 0 Å². The summed E-state index contributed by atoms with van der Waals surface area (Å²) in [6.07, 6.45) is -6.46. The minimum Gasteiger partial charge on any atom is -0.493 e. The Morgan fingerprint density at radius 3 is 2.45 bits per heavy atom.